The number of pyridine rings is 4. The van der Waals surface area contributed by atoms with Gasteiger partial charge in [-0.05, 0) is 86.3 Å². The molecule has 0 aliphatic rings. The van der Waals surface area contributed by atoms with Crippen molar-refractivity contribution in [2.24, 2.45) is 0 Å². The maximum Gasteiger partial charge on any atom is 0.532 e. The van der Waals surface area contributed by atoms with Crippen LogP contribution in [0, 0.1) is 27.7 Å². The van der Waals surface area contributed by atoms with Crippen LogP contribution in [-0.4, -0.2) is 19.9 Å². The van der Waals surface area contributed by atoms with Crippen LogP contribution in [0.3, 0.4) is 0 Å². The predicted molar refractivity (Wildman–Crippen MR) is 191 cm³/mol. The molecular formula is C36H32N4O6P2S. The molecule has 0 radical (unpaired) electrons. The van der Waals surface area contributed by atoms with Crippen molar-refractivity contribution in [2.75, 3.05) is 0 Å². The minimum Gasteiger partial charge on any atom is -0.407 e. The molecule has 13 heteroatoms. The van der Waals surface area contributed by atoms with Gasteiger partial charge < -0.3 is 27.1 Å². The molecule has 0 bridgehead atoms. The first-order valence-electron chi connectivity index (χ1n) is 15.1. The fourth-order valence-corrected chi connectivity index (χ4v) is 8.00. The van der Waals surface area contributed by atoms with Gasteiger partial charge in [0.05, 0.1) is 9.79 Å². The molecule has 0 N–H and O–H groups in total. The Morgan fingerprint density at radius 1 is 0.429 bits per heavy atom. The summed E-state index contributed by atoms with van der Waals surface area (Å²) in [5.41, 5.74) is 3.91. The molecule has 0 spiro atoms. The van der Waals surface area contributed by atoms with Crippen molar-refractivity contribution in [3.8, 4) is 35.0 Å². The van der Waals surface area contributed by atoms with E-state index < -0.39 is 17.2 Å². The second-order valence-corrected chi connectivity index (χ2v) is 13.7. The summed E-state index contributed by atoms with van der Waals surface area (Å²) in [6, 6.07) is 29.8. The largest absolute Gasteiger partial charge is 0.532 e. The van der Waals surface area contributed by atoms with E-state index in [4.69, 9.17) is 27.1 Å². The molecule has 0 aliphatic heterocycles. The third-order valence-electron chi connectivity index (χ3n) is 6.54. The number of hydrogen-bond acceptors (Lipinski definition) is 11. The third-order valence-corrected chi connectivity index (χ3v) is 9.60. The van der Waals surface area contributed by atoms with E-state index in [9.17, 15) is 0 Å². The number of aryl methyl sites for hydroxylation is 4. The van der Waals surface area contributed by atoms with E-state index in [0.717, 1.165) is 32.0 Å². The highest BCUT2D eigenvalue weighted by Crippen LogP contribution is 2.51. The van der Waals surface area contributed by atoms with Crippen LogP contribution in [0.4, 0.5) is 0 Å². The van der Waals surface area contributed by atoms with E-state index in [-0.39, 0.29) is 0 Å². The predicted octanol–water partition coefficient (Wildman–Crippen LogP) is 10.2. The highest BCUT2D eigenvalue weighted by Gasteiger charge is 2.27. The molecule has 0 saturated heterocycles. The maximum atomic E-state index is 6.57. The quantitative estimate of drug-likeness (QED) is 0.101. The number of rotatable bonds is 14. The molecule has 0 unspecified atom stereocenters. The Morgan fingerprint density at radius 3 is 1.04 bits per heavy atom. The van der Waals surface area contributed by atoms with Gasteiger partial charge in [0, 0.05) is 49.1 Å². The Bertz CT molecular complexity index is 1740. The summed E-state index contributed by atoms with van der Waals surface area (Å²) in [6.45, 7) is 8.05. The van der Waals surface area contributed by atoms with Crippen LogP contribution < -0.4 is 27.1 Å². The molecule has 2 aromatic carbocycles. The van der Waals surface area contributed by atoms with Crippen molar-refractivity contribution in [2.45, 2.75) is 37.5 Å². The first-order chi connectivity index (χ1) is 23.9. The van der Waals surface area contributed by atoms with E-state index in [0.29, 0.717) is 35.0 Å². The van der Waals surface area contributed by atoms with Crippen molar-refractivity contribution in [1.29, 1.82) is 0 Å². The molecule has 6 rings (SSSR count). The zero-order valence-electron chi connectivity index (χ0n) is 27.1. The minimum atomic E-state index is -2.02. The number of aromatic nitrogens is 4. The van der Waals surface area contributed by atoms with Crippen molar-refractivity contribution in [1.82, 2.24) is 19.9 Å². The maximum absolute atomic E-state index is 6.57. The SMILES string of the molecule is Cc1cc(C)c(OP(Oc2ccccn2)Oc2ccccn2)c(Sc2cc(C)cc(C)c2OP(Oc2ccccn2)Oc2ccccn2)c1. The van der Waals surface area contributed by atoms with Crippen LogP contribution in [0.5, 0.6) is 35.0 Å². The van der Waals surface area contributed by atoms with E-state index in [2.05, 4.69) is 32.1 Å². The van der Waals surface area contributed by atoms with E-state index in [1.54, 1.807) is 49.1 Å². The summed E-state index contributed by atoms with van der Waals surface area (Å²) in [4.78, 5) is 18.9. The highest BCUT2D eigenvalue weighted by atomic mass is 32.2. The van der Waals surface area contributed by atoms with Crippen molar-refractivity contribution in [3.05, 3.63) is 144 Å². The van der Waals surface area contributed by atoms with Gasteiger partial charge in [-0.25, -0.2) is 19.9 Å². The van der Waals surface area contributed by atoms with Crippen LogP contribution in [0.25, 0.3) is 0 Å². The molecule has 4 aromatic heterocycles. The molecule has 0 amide bonds. The van der Waals surface area contributed by atoms with E-state index >= 15 is 0 Å². The molecule has 0 saturated carbocycles. The monoisotopic (exact) mass is 710 g/mol. The molecule has 4 heterocycles. The zero-order chi connectivity index (χ0) is 34.0. The number of hydrogen-bond donors (Lipinski definition) is 0. The van der Waals surface area contributed by atoms with Crippen molar-refractivity contribution >= 4 is 29.0 Å². The number of nitrogens with zero attached hydrogens (tertiary/aromatic N) is 4. The zero-order valence-corrected chi connectivity index (χ0v) is 29.7. The fraction of sp³-hybridized carbons (Fsp3) is 0.111. The summed E-state index contributed by atoms with van der Waals surface area (Å²) >= 11 is 1.49. The van der Waals surface area contributed by atoms with Crippen LogP contribution in [-0.2, 0) is 0 Å². The van der Waals surface area contributed by atoms with Gasteiger partial charge >= 0.3 is 17.2 Å². The Hall–Kier alpha value is -4.95. The van der Waals surface area contributed by atoms with Gasteiger partial charge in [-0.15, -0.1) is 0 Å². The Balaban J connectivity index is 1.34. The summed E-state index contributed by atoms with van der Waals surface area (Å²) in [5, 5.41) is 0. The molecule has 0 aliphatic carbocycles. The summed E-state index contributed by atoms with van der Waals surface area (Å²) in [6.07, 6.45) is 6.59. The Kier molecular flexibility index (Phi) is 11.4. The average Bonchev–Trinajstić information content (AvgIpc) is 3.09. The Morgan fingerprint density at radius 2 is 0.755 bits per heavy atom. The molecule has 49 heavy (non-hydrogen) atoms. The molecule has 0 fully saturated rings. The number of benzene rings is 2. The van der Waals surface area contributed by atoms with Crippen LogP contribution in [0.2, 0.25) is 0 Å². The van der Waals surface area contributed by atoms with Gasteiger partial charge in [-0.3, -0.25) is 0 Å². The summed E-state index contributed by atoms with van der Waals surface area (Å²) in [7, 11) is -4.03. The van der Waals surface area contributed by atoms with Crippen LogP contribution >= 0.6 is 29.0 Å². The van der Waals surface area contributed by atoms with Gasteiger partial charge in [0.2, 0.25) is 23.5 Å². The molecule has 0 atom stereocenters. The summed E-state index contributed by atoms with van der Waals surface area (Å²) in [5.74, 6) is 2.64. The van der Waals surface area contributed by atoms with Crippen LogP contribution in [0.15, 0.2) is 132 Å². The molecular weight excluding hydrogens is 678 g/mol. The van der Waals surface area contributed by atoms with Crippen molar-refractivity contribution in [3.63, 3.8) is 0 Å². The fourth-order valence-electron chi connectivity index (χ4n) is 4.51. The van der Waals surface area contributed by atoms with Crippen molar-refractivity contribution < 1.29 is 27.1 Å². The summed E-state index contributed by atoms with van der Waals surface area (Å²) < 4.78 is 37.7. The third kappa shape index (κ3) is 9.57. The smallest absolute Gasteiger partial charge is 0.407 e. The van der Waals surface area contributed by atoms with E-state index in [1.165, 1.54) is 11.8 Å². The lowest BCUT2D eigenvalue weighted by molar-refractivity contribution is 0.371. The second-order valence-electron chi connectivity index (χ2n) is 10.6. The van der Waals surface area contributed by atoms with Gasteiger partial charge in [-0.1, -0.05) is 48.2 Å². The van der Waals surface area contributed by atoms with Gasteiger partial charge in [0.1, 0.15) is 11.5 Å². The lowest BCUT2D eigenvalue weighted by Gasteiger charge is -2.22. The molecule has 248 valence electrons. The lowest BCUT2D eigenvalue weighted by Crippen LogP contribution is -2.06. The van der Waals surface area contributed by atoms with E-state index in [1.807, 2.05) is 88.4 Å². The van der Waals surface area contributed by atoms with Gasteiger partial charge in [-0.2, -0.15) is 0 Å². The normalized spacial score (nSPS) is 10.9. The average molecular weight is 711 g/mol. The van der Waals surface area contributed by atoms with Gasteiger partial charge in [0.25, 0.3) is 0 Å². The Labute approximate surface area is 291 Å². The van der Waals surface area contributed by atoms with Gasteiger partial charge in [0.15, 0.2) is 0 Å². The van der Waals surface area contributed by atoms with Crippen LogP contribution in [0.1, 0.15) is 22.3 Å². The second kappa shape index (κ2) is 16.4. The first-order valence-corrected chi connectivity index (χ1v) is 18.1. The highest BCUT2D eigenvalue weighted by molar-refractivity contribution is 7.99. The lowest BCUT2D eigenvalue weighted by atomic mass is 10.1. The first kappa shape index (κ1) is 33.9. The minimum absolute atomic E-state index is 0.364. The standard InChI is InChI=1S/C36H32N4O6P2S/c1-25-21-27(3)35(45-47(41-31-13-5-9-17-37-31)42-32-14-6-10-18-38-32)29(23-25)49-30-24-26(2)22-28(4)36(30)46-48(43-33-15-7-11-19-39-33)44-34-16-8-12-20-40-34/h5-24H,1-4H3. The topological polar surface area (TPSA) is 107 Å². The molecule has 6 aromatic rings. The molecule has 10 nitrogen and oxygen atoms in total.